The van der Waals surface area contributed by atoms with Crippen LogP contribution >= 0.6 is 0 Å². The first-order valence-electron chi connectivity index (χ1n) is 8.98. The molecule has 6 heteroatoms. The number of nitrogen functional groups attached to an aromatic ring is 1. The van der Waals surface area contributed by atoms with Crippen molar-refractivity contribution >= 4 is 11.7 Å². The van der Waals surface area contributed by atoms with Crippen LogP contribution in [0.1, 0.15) is 18.4 Å². The Kier molecular flexibility index (Phi) is 6.44. The molecule has 0 spiro atoms. The molecule has 1 amide bonds. The number of hydrogen-bond donors (Lipinski definition) is 1. The molecule has 0 saturated carbocycles. The fourth-order valence-corrected chi connectivity index (χ4v) is 3.03. The normalized spacial score (nSPS) is 17.1. The number of pyridine rings is 1. The largest absolute Gasteiger partial charge is 0.493 e. The van der Waals surface area contributed by atoms with Crippen LogP contribution in [0.2, 0.25) is 0 Å². The summed E-state index contributed by atoms with van der Waals surface area (Å²) in [7, 11) is 0. The number of anilines is 1. The number of nitrogens with two attached hydrogens (primary N) is 1. The lowest BCUT2D eigenvalue weighted by Crippen LogP contribution is -2.46. The van der Waals surface area contributed by atoms with Gasteiger partial charge in [0.25, 0.3) is 0 Å². The summed E-state index contributed by atoms with van der Waals surface area (Å²) in [5.74, 6) is 1.43. The zero-order valence-electron chi connectivity index (χ0n) is 14.8. The van der Waals surface area contributed by atoms with Crippen LogP contribution in [0.4, 0.5) is 5.82 Å². The molecule has 1 aliphatic rings. The van der Waals surface area contributed by atoms with Gasteiger partial charge < -0.3 is 20.1 Å². The summed E-state index contributed by atoms with van der Waals surface area (Å²) >= 11 is 0. The Labute approximate surface area is 153 Å². The summed E-state index contributed by atoms with van der Waals surface area (Å²) in [5, 5.41) is 0. The predicted octanol–water partition coefficient (Wildman–Crippen LogP) is 2.29. The fourth-order valence-electron chi connectivity index (χ4n) is 3.03. The molecular formula is C20H25N3O3. The van der Waals surface area contributed by atoms with Crippen LogP contribution in [0, 0.1) is 0 Å². The van der Waals surface area contributed by atoms with E-state index in [0.717, 1.165) is 24.2 Å². The van der Waals surface area contributed by atoms with E-state index < -0.39 is 0 Å². The van der Waals surface area contributed by atoms with Crippen molar-refractivity contribution in [1.82, 2.24) is 9.88 Å². The molecule has 0 unspecified atom stereocenters. The third-order valence-corrected chi connectivity index (χ3v) is 4.42. The first kappa shape index (κ1) is 18.2. The highest BCUT2D eigenvalue weighted by atomic mass is 16.5. The molecular weight excluding hydrogens is 330 g/mol. The molecule has 1 saturated heterocycles. The minimum atomic E-state index is 0.0529. The number of aryl methyl sites for hydroxylation is 1. The second-order valence-electron chi connectivity index (χ2n) is 6.37. The maximum Gasteiger partial charge on any atom is 0.226 e. The topological polar surface area (TPSA) is 77.7 Å². The van der Waals surface area contributed by atoms with Crippen molar-refractivity contribution in [2.75, 3.05) is 32.0 Å². The highest BCUT2D eigenvalue weighted by Gasteiger charge is 2.23. The highest BCUT2D eigenvalue weighted by molar-refractivity contribution is 5.76. The zero-order valence-corrected chi connectivity index (χ0v) is 14.8. The summed E-state index contributed by atoms with van der Waals surface area (Å²) in [6, 6.07) is 13.4. The van der Waals surface area contributed by atoms with E-state index in [4.69, 9.17) is 15.2 Å². The van der Waals surface area contributed by atoms with Gasteiger partial charge in [0.15, 0.2) is 0 Å². The van der Waals surface area contributed by atoms with Gasteiger partial charge in [-0.2, -0.15) is 0 Å². The third-order valence-electron chi connectivity index (χ3n) is 4.42. The van der Waals surface area contributed by atoms with Gasteiger partial charge in [-0.25, -0.2) is 4.98 Å². The Bertz CT molecular complexity index is 708. The molecule has 0 bridgehead atoms. The molecule has 6 nitrogen and oxygen atoms in total. The molecule has 2 N–H and O–H groups in total. The van der Waals surface area contributed by atoms with Crippen molar-refractivity contribution in [1.29, 1.82) is 0 Å². The quantitative estimate of drug-likeness (QED) is 0.824. The molecule has 2 aromatic rings. The van der Waals surface area contributed by atoms with Crippen LogP contribution in [0.3, 0.4) is 0 Å². The number of para-hydroxylation sites is 1. The molecule has 1 aromatic heterocycles. The van der Waals surface area contributed by atoms with E-state index >= 15 is 0 Å². The standard InChI is InChI=1S/C20H25N3O3/c21-19-14-16(8-10-22-19)6-7-18-15-23(11-13-26-18)20(24)9-12-25-17-4-2-1-3-5-17/h1-5,8,10,14,18H,6-7,9,11-13,15H2,(H2,21,22)/t18-/m0/s1. The van der Waals surface area contributed by atoms with Gasteiger partial charge in [0.2, 0.25) is 5.91 Å². The SMILES string of the molecule is Nc1cc(CC[C@H]2CN(C(=O)CCOc3ccccc3)CCO2)ccn1. The summed E-state index contributed by atoms with van der Waals surface area (Å²) in [6.07, 6.45) is 3.86. The molecule has 0 aliphatic carbocycles. The van der Waals surface area contributed by atoms with Crippen LogP contribution in [0.15, 0.2) is 48.7 Å². The molecule has 26 heavy (non-hydrogen) atoms. The maximum atomic E-state index is 12.4. The van der Waals surface area contributed by atoms with Crippen LogP contribution < -0.4 is 10.5 Å². The van der Waals surface area contributed by atoms with Crippen molar-refractivity contribution < 1.29 is 14.3 Å². The van der Waals surface area contributed by atoms with E-state index in [-0.39, 0.29) is 12.0 Å². The number of nitrogens with zero attached hydrogens (tertiary/aromatic N) is 2. The molecule has 1 aromatic carbocycles. The van der Waals surface area contributed by atoms with E-state index in [1.54, 1.807) is 6.20 Å². The van der Waals surface area contributed by atoms with E-state index in [1.165, 1.54) is 0 Å². The van der Waals surface area contributed by atoms with Crippen LogP contribution in [0.5, 0.6) is 5.75 Å². The second kappa shape index (κ2) is 9.20. The van der Waals surface area contributed by atoms with E-state index in [0.29, 0.717) is 38.5 Å². The first-order valence-corrected chi connectivity index (χ1v) is 8.98. The number of morpholine rings is 1. The number of rotatable bonds is 7. The Hall–Kier alpha value is -2.60. The molecule has 138 valence electrons. The lowest BCUT2D eigenvalue weighted by Gasteiger charge is -2.33. The molecule has 1 fully saturated rings. The summed E-state index contributed by atoms with van der Waals surface area (Å²) in [4.78, 5) is 18.3. The Morgan fingerprint density at radius 1 is 1.31 bits per heavy atom. The monoisotopic (exact) mass is 355 g/mol. The fraction of sp³-hybridized carbons (Fsp3) is 0.400. The van der Waals surface area contributed by atoms with Crippen LogP contribution in [-0.4, -0.2) is 48.2 Å². The number of amides is 1. The van der Waals surface area contributed by atoms with Crippen LogP contribution in [0.25, 0.3) is 0 Å². The van der Waals surface area contributed by atoms with Crippen molar-refractivity contribution in [3.8, 4) is 5.75 Å². The summed E-state index contributed by atoms with van der Waals surface area (Å²) in [6.45, 7) is 2.24. The van der Waals surface area contributed by atoms with Crippen molar-refractivity contribution in [2.24, 2.45) is 0 Å². The minimum absolute atomic E-state index is 0.0529. The Morgan fingerprint density at radius 2 is 2.15 bits per heavy atom. The van der Waals surface area contributed by atoms with Gasteiger partial charge in [-0.3, -0.25) is 4.79 Å². The van der Waals surface area contributed by atoms with E-state index in [2.05, 4.69) is 4.98 Å². The molecule has 3 rings (SSSR count). The van der Waals surface area contributed by atoms with Gasteiger partial charge in [-0.05, 0) is 42.7 Å². The average Bonchev–Trinajstić information content (AvgIpc) is 2.67. The molecule has 1 atom stereocenters. The second-order valence-corrected chi connectivity index (χ2v) is 6.37. The van der Waals surface area contributed by atoms with Gasteiger partial charge in [-0.15, -0.1) is 0 Å². The van der Waals surface area contributed by atoms with Gasteiger partial charge >= 0.3 is 0 Å². The van der Waals surface area contributed by atoms with Gasteiger partial charge in [0.1, 0.15) is 11.6 Å². The maximum absolute atomic E-state index is 12.4. The van der Waals surface area contributed by atoms with Crippen molar-refractivity contribution in [2.45, 2.75) is 25.4 Å². The first-order chi connectivity index (χ1) is 12.7. The Balaban J connectivity index is 1.41. The summed E-state index contributed by atoms with van der Waals surface area (Å²) < 4.78 is 11.4. The third kappa shape index (κ3) is 5.46. The number of ether oxygens (including phenoxy) is 2. The summed E-state index contributed by atoms with van der Waals surface area (Å²) in [5.41, 5.74) is 6.85. The number of carbonyl (C=O) groups is 1. The number of aromatic nitrogens is 1. The van der Waals surface area contributed by atoms with E-state index in [1.807, 2.05) is 47.4 Å². The van der Waals surface area contributed by atoms with E-state index in [9.17, 15) is 4.79 Å². The zero-order chi connectivity index (χ0) is 18.2. The number of hydrogen-bond acceptors (Lipinski definition) is 5. The Morgan fingerprint density at radius 3 is 2.96 bits per heavy atom. The predicted molar refractivity (Wildman–Crippen MR) is 99.8 cm³/mol. The molecule has 1 aliphatic heterocycles. The lowest BCUT2D eigenvalue weighted by atomic mass is 10.1. The van der Waals surface area contributed by atoms with Gasteiger partial charge in [0, 0.05) is 19.3 Å². The minimum Gasteiger partial charge on any atom is -0.493 e. The molecule has 0 radical (unpaired) electrons. The molecule has 2 heterocycles. The van der Waals surface area contributed by atoms with Crippen LogP contribution in [-0.2, 0) is 16.0 Å². The van der Waals surface area contributed by atoms with Crippen molar-refractivity contribution in [3.05, 3.63) is 54.2 Å². The average molecular weight is 355 g/mol. The highest BCUT2D eigenvalue weighted by Crippen LogP contribution is 2.15. The lowest BCUT2D eigenvalue weighted by molar-refractivity contribution is -0.139. The number of carbonyl (C=O) groups excluding carboxylic acids is 1. The smallest absolute Gasteiger partial charge is 0.226 e. The number of benzene rings is 1. The van der Waals surface area contributed by atoms with Gasteiger partial charge in [-0.1, -0.05) is 18.2 Å². The van der Waals surface area contributed by atoms with Gasteiger partial charge in [0.05, 0.1) is 25.7 Å². The van der Waals surface area contributed by atoms with Crippen molar-refractivity contribution in [3.63, 3.8) is 0 Å².